The first kappa shape index (κ1) is 16.7. The molecule has 0 bridgehead atoms. The lowest BCUT2D eigenvalue weighted by Gasteiger charge is -2.25. The summed E-state index contributed by atoms with van der Waals surface area (Å²) in [6.07, 6.45) is 2.78. The molecular weight excluding hydrogens is 356 g/mol. The van der Waals surface area contributed by atoms with E-state index in [0.29, 0.717) is 28.6 Å². The van der Waals surface area contributed by atoms with E-state index in [1.807, 2.05) is 0 Å². The molecule has 3 heterocycles. The smallest absolute Gasteiger partial charge is 0.331 e. The van der Waals surface area contributed by atoms with E-state index in [2.05, 4.69) is 5.32 Å². The van der Waals surface area contributed by atoms with Crippen molar-refractivity contribution in [2.75, 3.05) is 13.9 Å². The van der Waals surface area contributed by atoms with Gasteiger partial charge < -0.3 is 18.6 Å². The summed E-state index contributed by atoms with van der Waals surface area (Å²) in [5.74, 6) is 0.243. The quantitative estimate of drug-likeness (QED) is 0.644. The lowest BCUT2D eigenvalue weighted by molar-refractivity contribution is -0.130. The molecule has 0 aliphatic carbocycles. The van der Waals surface area contributed by atoms with Crippen LogP contribution in [-0.2, 0) is 16.1 Å². The van der Waals surface area contributed by atoms with Gasteiger partial charge in [-0.05, 0) is 24.3 Å². The Hall–Kier alpha value is -3.75. The SMILES string of the molecule is COc1cc2c(cc1C=C1C(=O)NC(=O)N(Cc3ccco3)C1=O)OCO2. The van der Waals surface area contributed by atoms with Gasteiger partial charge >= 0.3 is 6.03 Å². The number of imide groups is 2. The molecule has 0 unspecified atom stereocenters. The summed E-state index contributed by atoms with van der Waals surface area (Å²) in [5, 5.41) is 2.15. The molecule has 27 heavy (non-hydrogen) atoms. The number of barbiturate groups is 1. The first-order valence-corrected chi connectivity index (χ1v) is 7.95. The Morgan fingerprint density at radius 2 is 2.00 bits per heavy atom. The first-order chi connectivity index (χ1) is 13.1. The molecule has 9 nitrogen and oxygen atoms in total. The van der Waals surface area contributed by atoms with E-state index in [9.17, 15) is 14.4 Å². The largest absolute Gasteiger partial charge is 0.496 e. The zero-order valence-corrected chi connectivity index (χ0v) is 14.2. The summed E-state index contributed by atoms with van der Waals surface area (Å²) in [6, 6.07) is 5.66. The van der Waals surface area contributed by atoms with Gasteiger partial charge in [-0.3, -0.25) is 19.8 Å². The van der Waals surface area contributed by atoms with Gasteiger partial charge in [0.1, 0.15) is 17.1 Å². The Labute approximate surface area is 153 Å². The van der Waals surface area contributed by atoms with Gasteiger partial charge in [-0.2, -0.15) is 0 Å². The zero-order chi connectivity index (χ0) is 19.0. The summed E-state index contributed by atoms with van der Waals surface area (Å²) in [7, 11) is 1.45. The van der Waals surface area contributed by atoms with Crippen LogP contribution >= 0.6 is 0 Å². The van der Waals surface area contributed by atoms with Crippen molar-refractivity contribution in [2.45, 2.75) is 6.54 Å². The molecule has 1 fully saturated rings. The molecule has 0 radical (unpaired) electrons. The number of methoxy groups -OCH3 is 1. The maximum absolute atomic E-state index is 12.7. The van der Waals surface area contributed by atoms with Crippen LogP contribution in [-0.4, -0.2) is 36.6 Å². The molecule has 9 heteroatoms. The number of furan rings is 1. The van der Waals surface area contributed by atoms with E-state index < -0.39 is 17.8 Å². The fourth-order valence-corrected chi connectivity index (χ4v) is 2.78. The van der Waals surface area contributed by atoms with Gasteiger partial charge in [-0.1, -0.05) is 0 Å². The van der Waals surface area contributed by atoms with Crippen molar-refractivity contribution < 1.29 is 33.0 Å². The molecule has 138 valence electrons. The molecule has 0 saturated carbocycles. The number of rotatable bonds is 4. The highest BCUT2D eigenvalue weighted by Gasteiger charge is 2.36. The van der Waals surface area contributed by atoms with Crippen molar-refractivity contribution in [2.24, 2.45) is 0 Å². The Balaban J connectivity index is 1.70. The van der Waals surface area contributed by atoms with Gasteiger partial charge in [0.25, 0.3) is 11.8 Å². The highest BCUT2D eigenvalue weighted by Crippen LogP contribution is 2.39. The highest BCUT2D eigenvalue weighted by atomic mass is 16.7. The average Bonchev–Trinajstić information content (AvgIpc) is 3.32. The first-order valence-electron chi connectivity index (χ1n) is 7.95. The van der Waals surface area contributed by atoms with E-state index in [1.165, 1.54) is 19.4 Å². The van der Waals surface area contributed by atoms with Crippen molar-refractivity contribution in [3.8, 4) is 17.2 Å². The van der Waals surface area contributed by atoms with Gasteiger partial charge in [-0.15, -0.1) is 0 Å². The maximum Gasteiger partial charge on any atom is 0.331 e. The average molecular weight is 370 g/mol. The van der Waals surface area contributed by atoms with Crippen LogP contribution in [0.1, 0.15) is 11.3 Å². The minimum Gasteiger partial charge on any atom is -0.496 e. The Morgan fingerprint density at radius 1 is 1.22 bits per heavy atom. The summed E-state index contributed by atoms with van der Waals surface area (Å²) < 4.78 is 21.1. The third-order valence-corrected chi connectivity index (χ3v) is 4.10. The molecule has 0 spiro atoms. The van der Waals surface area contributed by atoms with Crippen molar-refractivity contribution >= 4 is 23.9 Å². The molecule has 0 atom stereocenters. The monoisotopic (exact) mass is 370 g/mol. The number of amides is 4. The second-order valence-electron chi connectivity index (χ2n) is 5.74. The van der Waals surface area contributed by atoms with Crippen LogP contribution in [0.4, 0.5) is 4.79 Å². The van der Waals surface area contributed by atoms with E-state index in [-0.39, 0.29) is 18.9 Å². The summed E-state index contributed by atoms with van der Waals surface area (Å²) in [5.41, 5.74) is 0.228. The molecule has 1 aromatic carbocycles. The van der Waals surface area contributed by atoms with Gasteiger partial charge in [0.05, 0.1) is 19.9 Å². The maximum atomic E-state index is 12.7. The third-order valence-electron chi connectivity index (χ3n) is 4.10. The number of ether oxygens (including phenoxy) is 3. The van der Waals surface area contributed by atoms with Crippen LogP contribution in [0.2, 0.25) is 0 Å². The number of urea groups is 1. The van der Waals surface area contributed by atoms with Gasteiger partial charge in [0.2, 0.25) is 6.79 Å². The van der Waals surface area contributed by atoms with Crippen LogP contribution < -0.4 is 19.5 Å². The summed E-state index contributed by atoms with van der Waals surface area (Å²) in [6.45, 7) is -0.0239. The van der Waals surface area contributed by atoms with E-state index >= 15 is 0 Å². The summed E-state index contributed by atoms with van der Waals surface area (Å²) >= 11 is 0. The number of nitrogens with one attached hydrogen (secondary N) is 1. The van der Waals surface area contributed by atoms with E-state index in [4.69, 9.17) is 18.6 Å². The van der Waals surface area contributed by atoms with Crippen LogP contribution in [0.5, 0.6) is 17.2 Å². The predicted molar refractivity (Wildman–Crippen MR) is 89.9 cm³/mol. The molecule has 1 N–H and O–H groups in total. The topological polar surface area (TPSA) is 107 Å². The predicted octanol–water partition coefficient (Wildman–Crippen LogP) is 1.68. The van der Waals surface area contributed by atoms with Crippen molar-refractivity contribution in [1.82, 2.24) is 10.2 Å². The highest BCUT2D eigenvalue weighted by molar-refractivity contribution is 6.31. The summed E-state index contributed by atoms with van der Waals surface area (Å²) in [4.78, 5) is 37.9. The molecule has 1 aromatic heterocycles. The van der Waals surface area contributed by atoms with Crippen LogP contribution in [0, 0.1) is 0 Å². The van der Waals surface area contributed by atoms with Crippen LogP contribution in [0.15, 0.2) is 40.5 Å². The molecule has 4 amide bonds. The lowest BCUT2D eigenvalue weighted by atomic mass is 10.1. The fourth-order valence-electron chi connectivity index (χ4n) is 2.78. The minimum atomic E-state index is -0.809. The molecule has 2 aliphatic heterocycles. The Bertz CT molecular complexity index is 962. The molecule has 2 aliphatic rings. The molecule has 1 saturated heterocycles. The molecular formula is C18H14N2O7. The Kier molecular flexibility index (Phi) is 4.03. The van der Waals surface area contributed by atoms with E-state index in [1.54, 1.807) is 24.3 Å². The van der Waals surface area contributed by atoms with Crippen LogP contribution in [0.25, 0.3) is 6.08 Å². The van der Waals surface area contributed by atoms with Crippen LogP contribution in [0.3, 0.4) is 0 Å². The Morgan fingerprint density at radius 3 is 2.70 bits per heavy atom. The number of fused-ring (bicyclic) bond motifs is 1. The van der Waals surface area contributed by atoms with Gasteiger partial charge in [0.15, 0.2) is 11.5 Å². The number of benzene rings is 1. The standard InChI is InChI=1S/C18H14N2O7/c1-24-13-7-15-14(26-9-27-15)6-10(13)5-12-16(21)19-18(23)20(17(12)22)8-11-3-2-4-25-11/h2-7H,8-9H2,1H3,(H,19,21,23). The molecule has 2 aromatic rings. The van der Waals surface area contributed by atoms with Crippen molar-refractivity contribution in [1.29, 1.82) is 0 Å². The lowest BCUT2D eigenvalue weighted by Crippen LogP contribution is -2.53. The van der Waals surface area contributed by atoms with Gasteiger partial charge in [-0.25, -0.2) is 4.79 Å². The normalized spacial score (nSPS) is 17.4. The number of nitrogens with zero attached hydrogens (tertiary/aromatic N) is 1. The number of carbonyl (C=O) groups excluding carboxylic acids is 3. The van der Waals surface area contributed by atoms with E-state index in [0.717, 1.165) is 4.90 Å². The van der Waals surface area contributed by atoms with Gasteiger partial charge in [0, 0.05) is 11.6 Å². The number of carbonyl (C=O) groups is 3. The molecule has 4 rings (SSSR count). The number of hydrogen-bond acceptors (Lipinski definition) is 7. The minimum absolute atomic E-state index is 0.0728. The van der Waals surface area contributed by atoms with Crippen molar-refractivity contribution in [3.05, 3.63) is 47.4 Å². The second-order valence-corrected chi connectivity index (χ2v) is 5.74. The fraction of sp³-hybridized carbons (Fsp3) is 0.167. The number of hydrogen-bond donors (Lipinski definition) is 1. The second kappa shape index (κ2) is 6.52. The van der Waals surface area contributed by atoms with Crippen molar-refractivity contribution in [3.63, 3.8) is 0 Å². The third kappa shape index (κ3) is 2.99. The zero-order valence-electron chi connectivity index (χ0n) is 14.2.